The summed E-state index contributed by atoms with van der Waals surface area (Å²) >= 11 is 3.18. The molecule has 1 amide bonds. The number of anilines is 2. The SMILES string of the molecule is O=C(Nc1ccnc(NCCCCC2CNCCC23CC3)n1)c1ccc(Br)cc1F. The maximum atomic E-state index is 14.0. The van der Waals surface area contributed by atoms with Gasteiger partial charge in [0.05, 0.1) is 5.56 Å². The minimum Gasteiger partial charge on any atom is -0.354 e. The summed E-state index contributed by atoms with van der Waals surface area (Å²) in [4.78, 5) is 20.8. The Balaban J connectivity index is 1.23. The normalized spacial score (nSPS) is 19.5. The van der Waals surface area contributed by atoms with Crippen LogP contribution >= 0.6 is 15.9 Å². The molecule has 0 radical (unpaired) electrons. The molecule has 6 nitrogen and oxygen atoms in total. The third kappa shape index (κ3) is 5.16. The van der Waals surface area contributed by atoms with Crippen molar-refractivity contribution in [3.8, 4) is 0 Å². The first-order valence-corrected chi connectivity index (χ1v) is 11.4. The van der Waals surface area contributed by atoms with Gasteiger partial charge in [-0.2, -0.15) is 4.98 Å². The maximum absolute atomic E-state index is 14.0. The second-order valence-corrected chi connectivity index (χ2v) is 9.20. The number of benzene rings is 1. The van der Waals surface area contributed by atoms with Gasteiger partial charge in [-0.25, -0.2) is 9.37 Å². The summed E-state index contributed by atoms with van der Waals surface area (Å²) < 4.78 is 14.5. The van der Waals surface area contributed by atoms with E-state index < -0.39 is 11.7 Å². The van der Waals surface area contributed by atoms with E-state index in [9.17, 15) is 9.18 Å². The monoisotopic (exact) mass is 475 g/mol. The molecule has 0 bridgehead atoms. The summed E-state index contributed by atoms with van der Waals surface area (Å²) in [5.41, 5.74) is 0.625. The molecule has 1 aliphatic heterocycles. The number of hydrogen-bond donors (Lipinski definition) is 3. The van der Waals surface area contributed by atoms with Gasteiger partial charge in [-0.05, 0) is 80.8 Å². The quantitative estimate of drug-likeness (QED) is 0.486. The molecule has 1 aromatic carbocycles. The third-order valence-electron chi connectivity index (χ3n) is 6.28. The molecule has 1 atom stereocenters. The molecule has 4 rings (SSSR count). The Morgan fingerprint density at radius 3 is 2.93 bits per heavy atom. The predicted molar refractivity (Wildman–Crippen MR) is 119 cm³/mol. The fourth-order valence-electron chi connectivity index (χ4n) is 4.35. The number of nitrogens with zero attached hydrogens (tertiary/aromatic N) is 2. The first-order chi connectivity index (χ1) is 14.6. The molecule has 1 saturated heterocycles. The Kier molecular flexibility index (Phi) is 6.63. The first kappa shape index (κ1) is 21.2. The van der Waals surface area contributed by atoms with Crippen molar-refractivity contribution in [1.82, 2.24) is 15.3 Å². The lowest BCUT2D eigenvalue weighted by Gasteiger charge is -2.32. The van der Waals surface area contributed by atoms with E-state index >= 15 is 0 Å². The zero-order valence-corrected chi connectivity index (χ0v) is 18.5. The molecule has 2 heterocycles. The van der Waals surface area contributed by atoms with Gasteiger partial charge in [-0.3, -0.25) is 4.79 Å². The molecule has 160 valence electrons. The zero-order valence-electron chi connectivity index (χ0n) is 16.9. The number of unbranched alkanes of at least 4 members (excludes halogenated alkanes) is 1. The van der Waals surface area contributed by atoms with Gasteiger partial charge in [0.15, 0.2) is 0 Å². The molecule has 2 fully saturated rings. The molecule has 1 spiro atoms. The molecule has 1 aromatic heterocycles. The number of nitrogens with one attached hydrogen (secondary N) is 3. The summed E-state index contributed by atoms with van der Waals surface area (Å²) in [7, 11) is 0. The molecule has 1 saturated carbocycles. The van der Waals surface area contributed by atoms with E-state index in [0.717, 1.165) is 25.4 Å². The topological polar surface area (TPSA) is 78.9 Å². The van der Waals surface area contributed by atoms with Crippen molar-refractivity contribution >= 4 is 33.6 Å². The van der Waals surface area contributed by atoms with Crippen molar-refractivity contribution in [2.75, 3.05) is 30.3 Å². The Bertz CT molecular complexity index is 905. The predicted octanol–water partition coefficient (Wildman–Crippen LogP) is 4.60. The maximum Gasteiger partial charge on any atom is 0.259 e. The number of amides is 1. The smallest absolute Gasteiger partial charge is 0.259 e. The molecular formula is C22H27BrFN5O. The lowest BCUT2D eigenvalue weighted by atomic mass is 9.80. The van der Waals surface area contributed by atoms with E-state index in [1.807, 2.05) is 0 Å². The average molecular weight is 476 g/mol. The highest BCUT2D eigenvalue weighted by Gasteiger charge is 2.49. The number of carbonyl (C=O) groups is 1. The van der Waals surface area contributed by atoms with E-state index in [2.05, 4.69) is 41.8 Å². The number of rotatable bonds is 8. The van der Waals surface area contributed by atoms with Crippen LogP contribution in [0.3, 0.4) is 0 Å². The van der Waals surface area contributed by atoms with Crippen LogP contribution in [-0.4, -0.2) is 35.5 Å². The van der Waals surface area contributed by atoms with Gasteiger partial charge in [0.2, 0.25) is 5.95 Å². The van der Waals surface area contributed by atoms with Crippen LogP contribution in [0.4, 0.5) is 16.2 Å². The summed E-state index contributed by atoms with van der Waals surface area (Å²) in [6.45, 7) is 3.12. The second-order valence-electron chi connectivity index (χ2n) is 8.28. The standard InChI is InChI=1S/C22H27BrFN5O/c23-16-4-5-17(18(24)13-16)20(30)28-19-6-11-27-21(29-19)26-10-2-1-3-15-14-25-12-9-22(15)7-8-22/h4-6,11,13,15,25H,1-3,7-10,12,14H2,(H2,26,27,28,29,30). The fraction of sp³-hybridized carbons (Fsp3) is 0.500. The number of piperidine rings is 1. The minimum absolute atomic E-state index is 0.0306. The summed E-state index contributed by atoms with van der Waals surface area (Å²) in [6, 6.07) is 5.91. The largest absolute Gasteiger partial charge is 0.354 e. The fourth-order valence-corrected chi connectivity index (χ4v) is 4.68. The molecule has 1 unspecified atom stereocenters. The van der Waals surface area contributed by atoms with Crippen LogP contribution in [-0.2, 0) is 0 Å². The van der Waals surface area contributed by atoms with Gasteiger partial charge in [0.1, 0.15) is 11.6 Å². The van der Waals surface area contributed by atoms with Crippen molar-refractivity contribution in [3.63, 3.8) is 0 Å². The van der Waals surface area contributed by atoms with Crippen LogP contribution in [0.15, 0.2) is 34.9 Å². The highest BCUT2D eigenvalue weighted by Crippen LogP contribution is 2.57. The Labute approximate surface area is 184 Å². The molecule has 2 aromatic rings. The lowest BCUT2D eigenvalue weighted by Crippen LogP contribution is -2.37. The highest BCUT2D eigenvalue weighted by atomic mass is 79.9. The molecule has 1 aliphatic carbocycles. The summed E-state index contributed by atoms with van der Waals surface area (Å²) in [5, 5.41) is 9.39. The zero-order chi connectivity index (χ0) is 21.0. The van der Waals surface area contributed by atoms with Gasteiger partial charge in [0, 0.05) is 17.2 Å². The molecule has 3 N–H and O–H groups in total. The van der Waals surface area contributed by atoms with Crippen molar-refractivity contribution in [1.29, 1.82) is 0 Å². The van der Waals surface area contributed by atoms with E-state index in [0.29, 0.717) is 21.7 Å². The number of hydrogen-bond acceptors (Lipinski definition) is 5. The van der Waals surface area contributed by atoms with Crippen LogP contribution < -0.4 is 16.0 Å². The van der Waals surface area contributed by atoms with Crippen molar-refractivity contribution in [2.24, 2.45) is 11.3 Å². The van der Waals surface area contributed by atoms with Crippen LogP contribution in [0.2, 0.25) is 0 Å². The second kappa shape index (κ2) is 9.39. The van der Waals surface area contributed by atoms with Gasteiger partial charge in [-0.15, -0.1) is 0 Å². The number of aromatic nitrogens is 2. The Morgan fingerprint density at radius 1 is 1.27 bits per heavy atom. The summed E-state index contributed by atoms with van der Waals surface area (Å²) in [6.07, 6.45) is 9.24. The van der Waals surface area contributed by atoms with E-state index in [1.54, 1.807) is 18.3 Å². The van der Waals surface area contributed by atoms with Crippen molar-refractivity contribution in [3.05, 3.63) is 46.3 Å². The molecular weight excluding hydrogens is 449 g/mol. The third-order valence-corrected chi connectivity index (χ3v) is 6.78. The van der Waals surface area contributed by atoms with E-state index in [-0.39, 0.29) is 5.56 Å². The van der Waals surface area contributed by atoms with Crippen molar-refractivity contribution in [2.45, 2.75) is 38.5 Å². The lowest BCUT2D eigenvalue weighted by molar-refractivity contribution is 0.102. The molecule has 30 heavy (non-hydrogen) atoms. The van der Waals surface area contributed by atoms with Crippen LogP contribution in [0.1, 0.15) is 48.9 Å². The average Bonchev–Trinajstić information content (AvgIpc) is 3.49. The number of halogens is 2. The number of carbonyl (C=O) groups excluding carboxylic acids is 1. The van der Waals surface area contributed by atoms with E-state index in [4.69, 9.17) is 0 Å². The molecule has 2 aliphatic rings. The first-order valence-electron chi connectivity index (χ1n) is 10.6. The molecule has 8 heteroatoms. The highest BCUT2D eigenvalue weighted by molar-refractivity contribution is 9.10. The Morgan fingerprint density at radius 2 is 2.13 bits per heavy atom. The van der Waals surface area contributed by atoms with Gasteiger partial charge in [0.25, 0.3) is 5.91 Å². The summed E-state index contributed by atoms with van der Waals surface area (Å²) in [5.74, 6) is 0.487. The van der Waals surface area contributed by atoms with Gasteiger partial charge >= 0.3 is 0 Å². The van der Waals surface area contributed by atoms with Crippen LogP contribution in [0.25, 0.3) is 0 Å². The van der Waals surface area contributed by atoms with Crippen molar-refractivity contribution < 1.29 is 9.18 Å². The van der Waals surface area contributed by atoms with Gasteiger partial charge < -0.3 is 16.0 Å². The Hall–Kier alpha value is -2.06. The van der Waals surface area contributed by atoms with E-state index in [1.165, 1.54) is 50.8 Å². The van der Waals surface area contributed by atoms with Crippen LogP contribution in [0, 0.1) is 17.2 Å². The van der Waals surface area contributed by atoms with Gasteiger partial charge in [-0.1, -0.05) is 22.4 Å². The minimum atomic E-state index is -0.588. The van der Waals surface area contributed by atoms with Crippen LogP contribution in [0.5, 0.6) is 0 Å².